The van der Waals surface area contributed by atoms with Crippen LogP contribution in [0.1, 0.15) is 16.8 Å². The van der Waals surface area contributed by atoms with E-state index < -0.39 is 0 Å². The lowest BCUT2D eigenvalue weighted by Gasteiger charge is -2.12. The number of hydrogen-bond donors (Lipinski definition) is 1. The largest absolute Gasteiger partial charge is 0.348 e. The van der Waals surface area contributed by atoms with E-state index in [9.17, 15) is 4.79 Å². The highest BCUT2D eigenvalue weighted by Gasteiger charge is 2.19. The number of carbonyl (C=O) groups excluding carboxylic acids is 1. The standard InChI is InChI=1S/C11H11Br2NOS/c12-7-1-2-9(10(13)5-7)11(15)14-8-3-4-16-6-8/h1-2,5,8H,3-4,6H2,(H,14,15). The zero-order valence-corrected chi connectivity index (χ0v) is 12.5. The SMILES string of the molecule is O=C(NC1CCSC1)c1ccc(Br)cc1Br. The van der Waals surface area contributed by atoms with Gasteiger partial charge >= 0.3 is 0 Å². The number of halogens is 2. The number of carbonyl (C=O) groups is 1. The number of hydrogen-bond acceptors (Lipinski definition) is 2. The summed E-state index contributed by atoms with van der Waals surface area (Å²) < 4.78 is 1.79. The van der Waals surface area contributed by atoms with Gasteiger partial charge in [0.05, 0.1) is 5.56 Å². The Balaban J connectivity index is 2.08. The van der Waals surface area contributed by atoms with Gasteiger partial charge in [0, 0.05) is 20.7 Å². The lowest BCUT2D eigenvalue weighted by atomic mass is 10.2. The molecule has 86 valence electrons. The van der Waals surface area contributed by atoms with Gasteiger partial charge < -0.3 is 5.32 Å². The van der Waals surface area contributed by atoms with Gasteiger partial charge in [0.2, 0.25) is 0 Å². The third-order valence-corrected chi connectivity index (χ3v) is 4.75. The zero-order valence-electron chi connectivity index (χ0n) is 8.50. The highest BCUT2D eigenvalue weighted by molar-refractivity contribution is 9.11. The summed E-state index contributed by atoms with van der Waals surface area (Å²) in [7, 11) is 0. The molecule has 1 amide bonds. The number of amides is 1. The van der Waals surface area contributed by atoms with E-state index >= 15 is 0 Å². The molecule has 1 N–H and O–H groups in total. The van der Waals surface area contributed by atoms with E-state index in [1.54, 1.807) is 0 Å². The van der Waals surface area contributed by atoms with Crippen molar-refractivity contribution in [1.82, 2.24) is 5.32 Å². The molecule has 0 radical (unpaired) electrons. The summed E-state index contributed by atoms with van der Waals surface area (Å²) in [6, 6.07) is 5.92. The predicted octanol–water partition coefficient (Wildman–Crippen LogP) is 3.45. The first kappa shape index (κ1) is 12.5. The van der Waals surface area contributed by atoms with Crippen LogP contribution in [0.15, 0.2) is 27.1 Å². The van der Waals surface area contributed by atoms with Gasteiger partial charge in [-0.25, -0.2) is 0 Å². The molecule has 0 saturated carbocycles. The lowest BCUT2D eigenvalue weighted by Crippen LogP contribution is -2.34. The maximum atomic E-state index is 12.0. The normalized spacial score (nSPS) is 19.8. The van der Waals surface area contributed by atoms with Crippen LogP contribution in [-0.4, -0.2) is 23.5 Å². The van der Waals surface area contributed by atoms with Crippen LogP contribution in [-0.2, 0) is 0 Å². The minimum atomic E-state index is 0.00637. The second-order valence-corrected chi connectivity index (χ2v) is 6.58. The highest BCUT2D eigenvalue weighted by Crippen LogP contribution is 2.23. The van der Waals surface area contributed by atoms with Crippen molar-refractivity contribution in [2.75, 3.05) is 11.5 Å². The van der Waals surface area contributed by atoms with Crippen LogP contribution in [0, 0.1) is 0 Å². The smallest absolute Gasteiger partial charge is 0.252 e. The Morgan fingerprint density at radius 3 is 2.88 bits per heavy atom. The van der Waals surface area contributed by atoms with Crippen molar-refractivity contribution in [3.63, 3.8) is 0 Å². The van der Waals surface area contributed by atoms with Crippen LogP contribution in [0.3, 0.4) is 0 Å². The molecule has 0 spiro atoms. The molecule has 5 heteroatoms. The molecule has 16 heavy (non-hydrogen) atoms. The van der Waals surface area contributed by atoms with Gasteiger partial charge in [-0.05, 0) is 46.3 Å². The molecule has 0 bridgehead atoms. The van der Waals surface area contributed by atoms with E-state index in [2.05, 4.69) is 37.2 Å². The minimum absolute atomic E-state index is 0.00637. The van der Waals surface area contributed by atoms with Gasteiger partial charge in [0.1, 0.15) is 0 Å². The van der Waals surface area contributed by atoms with Crippen molar-refractivity contribution >= 4 is 49.5 Å². The average Bonchev–Trinajstić information content (AvgIpc) is 2.70. The molecule has 1 heterocycles. The van der Waals surface area contributed by atoms with Crippen LogP contribution in [0.4, 0.5) is 0 Å². The van der Waals surface area contributed by atoms with Crippen LogP contribution >= 0.6 is 43.6 Å². The van der Waals surface area contributed by atoms with Crippen molar-refractivity contribution in [1.29, 1.82) is 0 Å². The van der Waals surface area contributed by atoms with Crippen molar-refractivity contribution in [2.24, 2.45) is 0 Å². The van der Waals surface area contributed by atoms with Gasteiger partial charge in [0.15, 0.2) is 0 Å². The second-order valence-electron chi connectivity index (χ2n) is 3.66. The second kappa shape index (κ2) is 5.56. The molecule has 1 fully saturated rings. The van der Waals surface area contributed by atoms with Crippen molar-refractivity contribution in [3.8, 4) is 0 Å². The quantitative estimate of drug-likeness (QED) is 0.870. The minimum Gasteiger partial charge on any atom is -0.348 e. The molecule has 1 saturated heterocycles. The molecule has 0 aromatic heterocycles. The molecule has 1 aliphatic rings. The summed E-state index contributed by atoms with van der Waals surface area (Å²) in [4.78, 5) is 12.0. The monoisotopic (exact) mass is 363 g/mol. The lowest BCUT2D eigenvalue weighted by molar-refractivity contribution is 0.0940. The average molecular weight is 365 g/mol. The zero-order chi connectivity index (χ0) is 11.5. The first-order valence-electron chi connectivity index (χ1n) is 5.00. The molecule has 1 atom stereocenters. The number of thioether (sulfide) groups is 1. The topological polar surface area (TPSA) is 29.1 Å². The Hall–Kier alpha value is -0.000000000000000111. The first-order chi connectivity index (χ1) is 7.66. The van der Waals surface area contributed by atoms with Gasteiger partial charge in [0.25, 0.3) is 5.91 Å². The van der Waals surface area contributed by atoms with Gasteiger partial charge in [-0.1, -0.05) is 15.9 Å². The fourth-order valence-corrected chi connectivity index (χ4v) is 3.96. The van der Waals surface area contributed by atoms with Gasteiger partial charge in [-0.15, -0.1) is 0 Å². The van der Waals surface area contributed by atoms with E-state index in [-0.39, 0.29) is 5.91 Å². The summed E-state index contributed by atoms with van der Waals surface area (Å²) in [5.74, 6) is 2.18. The third-order valence-electron chi connectivity index (χ3n) is 2.44. The molecule has 1 aromatic rings. The van der Waals surface area contributed by atoms with E-state index in [0.717, 1.165) is 26.9 Å². The Bertz CT molecular complexity index is 405. The van der Waals surface area contributed by atoms with E-state index in [1.165, 1.54) is 0 Å². The van der Waals surface area contributed by atoms with Crippen LogP contribution in [0.2, 0.25) is 0 Å². The number of rotatable bonds is 2. The molecular formula is C11H11Br2NOS. The van der Waals surface area contributed by atoms with Crippen molar-refractivity contribution in [3.05, 3.63) is 32.7 Å². The number of benzene rings is 1. The summed E-state index contributed by atoms with van der Waals surface area (Å²) in [5, 5.41) is 3.05. The van der Waals surface area contributed by atoms with Crippen molar-refractivity contribution in [2.45, 2.75) is 12.5 Å². The van der Waals surface area contributed by atoms with Crippen LogP contribution in [0.5, 0.6) is 0 Å². The summed E-state index contributed by atoms with van der Waals surface area (Å²) in [6.45, 7) is 0. The fourth-order valence-electron chi connectivity index (χ4n) is 1.59. The van der Waals surface area contributed by atoms with E-state index in [0.29, 0.717) is 11.6 Å². The highest BCUT2D eigenvalue weighted by atomic mass is 79.9. The maximum absolute atomic E-state index is 12.0. The molecule has 1 unspecified atom stereocenters. The Morgan fingerprint density at radius 1 is 1.44 bits per heavy atom. The fraction of sp³-hybridized carbons (Fsp3) is 0.364. The summed E-state index contributed by atoms with van der Waals surface area (Å²) >= 11 is 8.66. The third kappa shape index (κ3) is 3.02. The predicted molar refractivity (Wildman–Crippen MR) is 75.0 cm³/mol. The summed E-state index contributed by atoms with van der Waals surface area (Å²) in [6.07, 6.45) is 1.07. The Labute approximate surface area is 116 Å². The molecular weight excluding hydrogens is 354 g/mol. The van der Waals surface area contributed by atoms with Crippen LogP contribution in [0.25, 0.3) is 0 Å². The van der Waals surface area contributed by atoms with E-state index in [4.69, 9.17) is 0 Å². The molecule has 1 aliphatic heterocycles. The first-order valence-corrected chi connectivity index (χ1v) is 7.74. The maximum Gasteiger partial charge on any atom is 0.252 e. The number of nitrogens with one attached hydrogen (secondary N) is 1. The van der Waals surface area contributed by atoms with Gasteiger partial charge in [-0.3, -0.25) is 4.79 Å². The molecule has 2 rings (SSSR count). The molecule has 0 aliphatic carbocycles. The molecule has 1 aromatic carbocycles. The van der Waals surface area contributed by atoms with Crippen molar-refractivity contribution < 1.29 is 4.79 Å². The van der Waals surface area contributed by atoms with E-state index in [1.807, 2.05) is 30.0 Å². The molecule has 2 nitrogen and oxygen atoms in total. The Kier molecular flexibility index (Phi) is 4.33. The Morgan fingerprint density at radius 2 is 2.25 bits per heavy atom. The van der Waals surface area contributed by atoms with Gasteiger partial charge in [-0.2, -0.15) is 11.8 Å². The summed E-state index contributed by atoms with van der Waals surface area (Å²) in [5.41, 5.74) is 0.695. The van der Waals surface area contributed by atoms with Crippen LogP contribution < -0.4 is 5.32 Å².